The van der Waals surface area contributed by atoms with Crippen LogP contribution in [-0.4, -0.2) is 38.6 Å². The first kappa shape index (κ1) is 22.2. The summed E-state index contributed by atoms with van der Waals surface area (Å²) in [5.74, 6) is 0.462. The second-order valence-electron chi connectivity index (χ2n) is 8.54. The molecule has 2 atom stereocenters. The average Bonchev–Trinajstić information content (AvgIpc) is 2.77. The summed E-state index contributed by atoms with van der Waals surface area (Å²) >= 11 is 0. The van der Waals surface area contributed by atoms with Gasteiger partial charge < -0.3 is 9.47 Å². The van der Waals surface area contributed by atoms with Crippen molar-refractivity contribution in [2.45, 2.75) is 50.4 Å². The Kier molecular flexibility index (Phi) is 6.94. The van der Waals surface area contributed by atoms with Gasteiger partial charge in [-0.3, -0.25) is 0 Å². The van der Waals surface area contributed by atoms with Crippen LogP contribution in [0.25, 0.3) is 0 Å². The first-order valence-corrected chi connectivity index (χ1v) is 12.5. The zero-order chi connectivity index (χ0) is 21.8. The number of hydrogen-bond donors (Lipinski definition) is 0. The van der Waals surface area contributed by atoms with Crippen LogP contribution in [0.2, 0.25) is 0 Å². The summed E-state index contributed by atoms with van der Waals surface area (Å²) in [6.45, 7) is 3.95. The molecule has 0 spiro atoms. The molecule has 0 aromatic heterocycles. The molecule has 0 radical (unpaired) electrons. The lowest BCUT2D eigenvalue weighted by Gasteiger charge is -2.37. The molecule has 168 valence electrons. The minimum absolute atomic E-state index is 0.0267. The van der Waals surface area contributed by atoms with Crippen molar-refractivity contribution in [3.63, 3.8) is 0 Å². The van der Waals surface area contributed by atoms with Gasteiger partial charge in [0.15, 0.2) is 0 Å². The lowest BCUT2D eigenvalue weighted by atomic mass is 10.0. The highest BCUT2D eigenvalue weighted by atomic mass is 32.2. The van der Waals surface area contributed by atoms with Crippen LogP contribution in [0.4, 0.5) is 4.39 Å². The molecule has 2 aromatic rings. The zero-order valence-electron chi connectivity index (χ0n) is 17.9. The highest BCUT2D eigenvalue weighted by molar-refractivity contribution is 7.89. The van der Waals surface area contributed by atoms with Crippen molar-refractivity contribution in [1.29, 1.82) is 0 Å². The SMILES string of the molecule is CC1CCC(c2ccccc2)S(=O)(=O)N1Cc1ccc(OCC2CCOCC2)cc1F. The maximum atomic E-state index is 14.8. The van der Waals surface area contributed by atoms with Gasteiger partial charge in [0.2, 0.25) is 10.0 Å². The van der Waals surface area contributed by atoms with Gasteiger partial charge >= 0.3 is 0 Å². The summed E-state index contributed by atoms with van der Waals surface area (Å²) in [6, 6.07) is 13.8. The Hall–Kier alpha value is -1.96. The molecule has 31 heavy (non-hydrogen) atoms. The number of rotatable bonds is 6. The number of hydrogen-bond acceptors (Lipinski definition) is 4. The lowest BCUT2D eigenvalue weighted by Crippen LogP contribution is -2.44. The van der Waals surface area contributed by atoms with Gasteiger partial charge in [-0.05, 0) is 50.2 Å². The van der Waals surface area contributed by atoms with Crippen LogP contribution >= 0.6 is 0 Å². The molecular formula is C24H30FNO4S. The summed E-state index contributed by atoms with van der Waals surface area (Å²) in [4.78, 5) is 0. The fourth-order valence-corrected chi connectivity index (χ4v) is 6.58. The number of sulfonamides is 1. The molecule has 2 aliphatic rings. The van der Waals surface area contributed by atoms with E-state index in [4.69, 9.17) is 9.47 Å². The first-order chi connectivity index (χ1) is 14.9. The Morgan fingerprint density at radius 2 is 1.81 bits per heavy atom. The van der Waals surface area contributed by atoms with Gasteiger partial charge in [0, 0.05) is 37.4 Å². The van der Waals surface area contributed by atoms with E-state index >= 15 is 0 Å². The molecule has 2 unspecified atom stereocenters. The molecule has 2 saturated heterocycles. The van der Waals surface area contributed by atoms with E-state index in [1.165, 1.54) is 10.4 Å². The monoisotopic (exact) mass is 447 g/mol. The topological polar surface area (TPSA) is 55.8 Å². The van der Waals surface area contributed by atoms with Gasteiger partial charge in [-0.15, -0.1) is 0 Å². The largest absolute Gasteiger partial charge is 0.493 e. The predicted molar refractivity (Wildman–Crippen MR) is 118 cm³/mol. The molecule has 0 N–H and O–H groups in total. The average molecular weight is 448 g/mol. The minimum Gasteiger partial charge on any atom is -0.493 e. The maximum absolute atomic E-state index is 14.8. The third-order valence-corrected chi connectivity index (χ3v) is 8.74. The summed E-state index contributed by atoms with van der Waals surface area (Å²) in [5.41, 5.74) is 1.15. The molecule has 2 aromatic carbocycles. The highest BCUT2D eigenvalue weighted by Crippen LogP contribution is 2.38. The maximum Gasteiger partial charge on any atom is 0.221 e. The van der Waals surface area contributed by atoms with E-state index in [1.807, 2.05) is 37.3 Å². The van der Waals surface area contributed by atoms with Crippen LogP contribution in [0.1, 0.15) is 49.0 Å². The van der Waals surface area contributed by atoms with E-state index in [2.05, 4.69) is 0 Å². The Morgan fingerprint density at radius 1 is 1.06 bits per heavy atom. The van der Waals surface area contributed by atoms with Crippen molar-refractivity contribution in [1.82, 2.24) is 4.31 Å². The molecule has 4 rings (SSSR count). The van der Waals surface area contributed by atoms with E-state index in [0.29, 0.717) is 30.3 Å². The second kappa shape index (κ2) is 9.67. The molecule has 2 fully saturated rings. The van der Waals surface area contributed by atoms with Gasteiger partial charge in [0.1, 0.15) is 16.8 Å². The van der Waals surface area contributed by atoms with E-state index in [9.17, 15) is 12.8 Å². The summed E-state index contributed by atoms with van der Waals surface area (Å²) in [7, 11) is -3.59. The smallest absolute Gasteiger partial charge is 0.221 e. The molecule has 5 nitrogen and oxygen atoms in total. The van der Waals surface area contributed by atoms with Gasteiger partial charge in [0.25, 0.3) is 0 Å². The Labute approximate surface area is 184 Å². The van der Waals surface area contributed by atoms with Gasteiger partial charge in [-0.25, -0.2) is 12.8 Å². The van der Waals surface area contributed by atoms with E-state index in [-0.39, 0.29) is 12.6 Å². The summed E-state index contributed by atoms with van der Waals surface area (Å²) in [6.07, 6.45) is 3.22. The van der Waals surface area contributed by atoms with Crippen LogP contribution in [0, 0.1) is 11.7 Å². The van der Waals surface area contributed by atoms with Crippen LogP contribution in [-0.2, 0) is 21.3 Å². The normalized spacial score (nSPS) is 24.7. The highest BCUT2D eigenvalue weighted by Gasteiger charge is 2.40. The number of nitrogens with zero attached hydrogens (tertiary/aromatic N) is 1. The standard InChI is InChI=1S/C24H30FNO4S/c1-18-7-10-24(20-5-3-2-4-6-20)31(27,28)26(18)16-21-8-9-22(15-23(21)25)30-17-19-11-13-29-14-12-19/h2-6,8-9,15,18-19,24H,7,10-14,16-17H2,1H3. The van der Waals surface area contributed by atoms with E-state index in [1.54, 1.807) is 12.1 Å². The number of benzene rings is 2. The van der Waals surface area contributed by atoms with Crippen LogP contribution in [0.5, 0.6) is 5.75 Å². The molecule has 0 bridgehead atoms. The minimum atomic E-state index is -3.59. The lowest BCUT2D eigenvalue weighted by molar-refractivity contribution is 0.0497. The summed E-state index contributed by atoms with van der Waals surface area (Å²) < 4.78 is 54.1. The quantitative estimate of drug-likeness (QED) is 0.645. The van der Waals surface area contributed by atoms with Gasteiger partial charge in [0.05, 0.1) is 6.61 Å². The third kappa shape index (κ3) is 5.10. The van der Waals surface area contributed by atoms with Crippen molar-refractivity contribution in [2.24, 2.45) is 5.92 Å². The van der Waals surface area contributed by atoms with Crippen LogP contribution in [0.3, 0.4) is 0 Å². The zero-order valence-corrected chi connectivity index (χ0v) is 18.7. The second-order valence-corrected chi connectivity index (χ2v) is 10.6. The van der Waals surface area contributed by atoms with Crippen molar-refractivity contribution >= 4 is 10.0 Å². The Balaban J connectivity index is 1.46. The van der Waals surface area contributed by atoms with Crippen molar-refractivity contribution < 1.29 is 22.3 Å². The molecular weight excluding hydrogens is 417 g/mol. The molecule has 2 aliphatic heterocycles. The van der Waals surface area contributed by atoms with Crippen LogP contribution < -0.4 is 4.74 Å². The Morgan fingerprint density at radius 3 is 2.52 bits per heavy atom. The van der Waals surface area contributed by atoms with Crippen molar-refractivity contribution in [2.75, 3.05) is 19.8 Å². The summed E-state index contributed by atoms with van der Waals surface area (Å²) in [5, 5.41) is -0.588. The number of ether oxygens (including phenoxy) is 2. The fourth-order valence-electron chi connectivity index (χ4n) is 4.39. The van der Waals surface area contributed by atoms with E-state index < -0.39 is 21.1 Å². The molecule has 0 saturated carbocycles. The van der Waals surface area contributed by atoms with E-state index in [0.717, 1.165) is 38.0 Å². The van der Waals surface area contributed by atoms with Crippen molar-refractivity contribution in [3.05, 3.63) is 65.5 Å². The Bertz CT molecular complexity index is 976. The molecule has 0 aliphatic carbocycles. The molecule has 0 amide bonds. The van der Waals surface area contributed by atoms with Gasteiger partial charge in [-0.1, -0.05) is 36.4 Å². The molecule has 2 heterocycles. The predicted octanol–water partition coefficient (Wildman–Crippen LogP) is 4.69. The third-order valence-electron chi connectivity index (χ3n) is 6.37. The fraction of sp³-hybridized carbons (Fsp3) is 0.500. The van der Waals surface area contributed by atoms with Crippen molar-refractivity contribution in [3.8, 4) is 5.75 Å². The molecule has 7 heteroatoms. The number of halogens is 1. The van der Waals surface area contributed by atoms with Crippen LogP contribution in [0.15, 0.2) is 48.5 Å². The van der Waals surface area contributed by atoms with Gasteiger partial charge in [-0.2, -0.15) is 4.31 Å². The first-order valence-electron chi connectivity index (χ1n) is 11.0.